The third-order valence-electron chi connectivity index (χ3n) is 7.55. The van der Waals surface area contributed by atoms with Gasteiger partial charge in [0.2, 0.25) is 21.8 Å². The highest BCUT2D eigenvalue weighted by Gasteiger charge is 2.34. The van der Waals surface area contributed by atoms with Crippen LogP contribution in [0.15, 0.2) is 72.8 Å². The zero-order valence-electron chi connectivity index (χ0n) is 24.3. The Kier molecular flexibility index (Phi) is 10.5. The van der Waals surface area contributed by atoms with E-state index in [1.54, 1.807) is 6.07 Å². The number of hydrogen-bond acceptors (Lipinski definition) is 5. The molecule has 1 saturated carbocycles. The maximum atomic E-state index is 14.2. The topological polar surface area (TPSA) is 96.0 Å². The van der Waals surface area contributed by atoms with Crippen molar-refractivity contribution in [3.8, 4) is 5.75 Å². The summed E-state index contributed by atoms with van der Waals surface area (Å²) in [6, 6.07) is 21.0. The Labute approximate surface area is 253 Å². The number of methoxy groups -OCH3 is 1. The standard InChI is InChI=1S/C32H38ClN3O5S/c1-23-13-15-25(16-14-23)21-35(29(19-24-9-5-4-6-10-24)32(38)34-26-11-7-8-12-26)31(37)22-36(42(3,39)40)27-17-18-30(41-2)28(33)20-27/h4-6,9-10,13-18,20,26,29H,7-8,11-12,19,21-22H2,1-3H3,(H,34,38)/t29-/m1/s1. The molecule has 0 heterocycles. The van der Waals surface area contributed by atoms with Crippen molar-refractivity contribution in [1.29, 1.82) is 0 Å². The van der Waals surface area contributed by atoms with E-state index in [4.69, 9.17) is 16.3 Å². The third-order valence-corrected chi connectivity index (χ3v) is 8.98. The Morgan fingerprint density at radius 2 is 1.67 bits per heavy atom. The minimum Gasteiger partial charge on any atom is -0.495 e. The molecular formula is C32H38ClN3O5S. The van der Waals surface area contributed by atoms with E-state index in [9.17, 15) is 18.0 Å². The number of carbonyl (C=O) groups is 2. The summed E-state index contributed by atoms with van der Waals surface area (Å²) >= 11 is 6.31. The highest BCUT2D eigenvalue weighted by atomic mass is 35.5. The zero-order chi connectivity index (χ0) is 30.3. The lowest BCUT2D eigenvalue weighted by molar-refractivity contribution is -0.140. The first-order valence-corrected chi connectivity index (χ1v) is 16.3. The fourth-order valence-electron chi connectivity index (χ4n) is 5.24. The molecular weight excluding hydrogens is 574 g/mol. The van der Waals surface area contributed by atoms with Crippen molar-refractivity contribution < 1.29 is 22.7 Å². The number of benzene rings is 3. The molecule has 224 valence electrons. The molecule has 0 unspecified atom stereocenters. The van der Waals surface area contributed by atoms with E-state index in [0.717, 1.165) is 52.9 Å². The van der Waals surface area contributed by atoms with Gasteiger partial charge in [-0.1, -0.05) is 84.6 Å². The smallest absolute Gasteiger partial charge is 0.244 e. The van der Waals surface area contributed by atoms with Crippen LogP contribution in [-0.4, -0.2) is 57.1 Å². The highest BCUT2D eigenvalue weighted by Crippen LogP contribution is 2.30. The molecule has 3 aromatic rings. The second-order valence-electron chi connectivity index (χ2n) is 10.8. The minimum atomic E-state index is -3.90. The zero-order valence-corrected chi connectivity index (χ0v) is 25.8. The van der Waals surface area contributed by atoms with E-state index in [1.165, 1.54) is 24.1 Å². The predicted octanol–water partition coefficient (Wildman–Crippen LogP) is 5.12. The van der Waals surface area contributed by atoms with E-state index >= 15 is 0 Å². The lowest BCUT2D eigenvalue weighted by atomic mass is 10.0. The second kappa shape index (κ2) is 14.1. The van der Waals surface area contributed by atoms with Crippen LogP contribution in [0.2, 0.25) is 5.02 Å². The molecule has 0 saturated heterocycles. The molecule has 8 nitrogen and oxygen atoms in total. The van der Waals surface area contributed by atoms with Crippen molar-refractivity contribution in [1.82, 2.24) is 10.2 Å². The van der Waals surface area contributed by atoms with Gasteiger partial charge in [-0.25, -0.2) is 8.42 Å². The quantitative estimate of drug-likeness (QED) is 0.307. The number of amides is 2. The molecule has 1 atom stereocenters. The number of sulfonamides is 1. The molecule has 3 aromatic carbocycles. The van der Waals surface area contributed by atoms with E-state index in [0.29, 0.717) is 5.75 Å². The van der Waals surface area contributed by atoms with E-state index < -0.39 is 28.5 Å². The third kappa shape index (κ3) is 8.26. The molecule has 0 radical (unpaired) electrons. The van der Waals surface area contributed by atoms with Gasteiger partial charge in [0.25, 0.3) is 0 Å². The second-order valence-corrected chi connectivity index (χ2v) is 13.1. The number of anilines is 1. The molecule has 1 N–H and O–H groups in total. The lowest BCUT2D eigenvalue weighted by Gasteiger charge is -2.34. The first-order chi connectivity index (χ1) is 20.0. The Balaban J connectivity index is 1.72. The average Bonchev–Trinajstić information content (AvgIpc) is 3.47. The number of halogens is 1. The van der Waals surface area contributed by atoms with Crippen LogP contribution in [-0.2, 0) is 32.6 Å². The predicted molar refractivity (Wildman–Crippen MR) is 166 cm³/mol. The normalized spacial score (nSPS) is 14.3. The van der Waals surface area contributed by atoms with Crippen LogP contribution in [0.1, 0.15) is 42.4 Å². The average molecular weight is 612 g/mol. The van der Waals surface area contributed by atoms with Gasteiger partial charge in [0, 0.05) is 19.0 Å². The molecule has 0 aromatic heterocycles. The molecule has 0 spiro atoms. The van der Waals surface area contributed by atoms with Gasteiger partial charge in [0.1, 0.15) is 18.3 Å². The highest BCUT2D eigenvalue weighted by molar-refractivity contribution is 7.92. The van der Waals surface area contributed by atoms with Crippen molar-refractivity contribution in [3.63, 3.8) is 0 Å². The van der Waals surface area contributed by atoms with Crippen molar-refractivity contribution in [2.45, 2.75) is 57.7 Å². The number of aryl methyl sites for hydroxylation is 1. The number of nitrogens with zero attached hydrogens (tertiary/aromatic N) is 2. The van der Waals surface area contributed by atoms with Gasteiger partial charge in [0.05, 0.1) is 24.1 Å². The molecule has 42 heavy (non-hydrogen) atoms. The van der Waals surface area contributed by atoms with Crippen molar-refractivity contribution >= 4 is 39.1 Å². The van der Waals surface area contributed by atoms with Crippen molar-refractivity contribution in [2.75, 3.05) is 24.2 Å². The maximum Gasteiger partial charge on any atom is 0.244 e. The molecule has 1 aliphatic carbocycles. The Hall–Kier alpha value is -3.56. The SMILES string of the molecule is COc1ccc(N(CC(=O)N(Cc2ccc(C)cc2)[C@H](Cc2ccccc2)C(=O)NC2CCCC2)S(C)(=O)=O)cc1Cl. The van der Waals surface area contributed by atoms with Gasteiger partial charge in [-0.3, -0.25) is 13.9 Å². The number of carbonyl (C=O) groups excluding carboxylic acids is 2. The first-order valence-electron chi connectivity index (χ1n) is 14.1. The number of rotatable bonds is 12. The van der Waals surface area contributed by atoms with E-state index in [1.807, 2.05) is 61.5 Å². The Bertz CT molecular complexity index is 1480. The molecule has 0 aliphatic heterocycles. The van der Waals surface area contributed by atoms with Gasteiger partial charge in [-0.05, 0) is 49.1 Å². The molecule has 1 fully saturated rings. The summed E-state index contributed by atoms with van der Waals surface area (Å²) in [5.41, 5.74) is 3.02. The summed E-state index contributed by atoms with van der Waals surface area (Å²) < 4.78 is 32.2. The van der Waals surface area contributed by atoms with Crippen LogP contribution in [0.25, 0.3) is 0 Å². The number of hydrogen-bond donors (Lipinski definition) is 1. The first kappa shape index (κ1) is 31.4. The summed E-state index contributed by atoms with van der Waals surface area (Å²) in [6.45, 7) is 1.61. The Morgan fingerprint density at radius 1 is 1.00 bits per heavy atom. The summed E-state index contributed by atoms with van der Waals surface area (Å²) in [7, 11) is -2.44. The molecule has 10 heteroatoms. The van der Waals surface area contributed by atoms with Crippen LogP contribution < -0.4 is 14.4 Å². The molecule has 0 bridgehead atoms. The van der Waals surface area contributed by atoms with Crippen molar-refractivity contribution in [2.24, 2.45) is 0 Å². The fourth-order valence-corrected chi connectivity index (χ4v) is 6.33. The number of ether oxygens (including phenoxy) is 1. The molecule has 1 aliphatic rings. The van der Waals surface area contributed by atoms with E-state index in [2.05, 4.69) is 5.32 Å². The van der Waals surface area contributed by atoms with Crippen molar-refractivity contribution in [3.05, 3.63) is 94.5 Å². The van der Waals surface area contributed by atoms with Crippen LogP contribution in [0.4, 0.5) is 5.69 Å². The van der Waals surface area contributed by atoms with Crippen LogP contribution in [0.5, 0.6) is 5.75 Å². The van der Waals surface area contributed by atoms with Gasteiger partial charge < -0.3 is 15.0 Å². The minimum absolute atomic E-state index is 0.0565. The van der Waals surface area contributed by atoms with Gasteiger partial charge in [-0.15, -0.1) is 0 Å². The summed E-state index contributed by atoms with van der Waals surface area (Å²) in [5.74, 6) is -0.368. The lowest BCUT2D eigenvalue weighted by Crippen LogP contribution is -2.54. The molecule has 2 amide bonds. The van der Waals surface area contributed by atoms with Gasteiger partial charge in [0.15, 0.2) is 0 Å². The number of nitrogens with one attached hydrogen (secondary N) is 1. The van der Waals surface area contributed by atoms with Gasteiger partial charge in [-0.2, -0.15) is 0 Å². The van der Waals surface area contributed by atoms with Crippen LogP contribution in [0, 0.1) is 6.92 Å². The summed E-state index contributed by atoms with van der Waals surface area (Å²) in [4.78, 5) is 29.6. The Morgan fingerprint density at radius 3 is 2.26 bits per heavy atom. The van der Waals surface area contributed by atoms with Gasteiger partial charge >= 0.3 is 0 Å². The molecule has 4 rings (SSSR count). The van der Waals surface area contributed by atoms with Crippen LogP contribution in [0.3, 0.4) is 0 Å². The summed E-state index contributed by atoms with van der Waals surface area (Å²) in [5, 5.41) is 3.38. The van der Waals surface area contributed by atoms with Crippen LogP contribution >= 0.6 is 11.6 Å². The maximum absolute atomic E-state index is 14.2. The summed E-state index contributed by atoms with van der Waals surface area (Å²) in [6.07, 6.45) is 5.22. The largest absolute Gasteiger partial charge is 0.495 e. The van der Waals surface area contributed by atoms with E-state index in [-0.39, 0.29) is 35.6 Å². The fraction of sp³-hybridized carbons (Fsp3) is 0.375. The monoisotopic (exact) mass is 611 g/mol.